The number of ether oxygens (including phenoxy) is 1. The second kappa shape index (κ2) is 3.59. The Bertz CT molecular complexity index is 432. The minimum atomic E-state index is -0.203. The molecule has 2 aliphatic carbocycles. The number of rotatable bonds is 0. The first-order valence-electron chi connectivity index (χ1n) is 6.34. The van der Waals surface area contributed by atoms with Gasteiger partial charge in [-0.1, -0.05) is 30.9 Å². The lowest BCUT2D eigenvalue weighted by Gasteiger charge is -2.26. The van der Waals surface area contributed by atoms with Crippen molar-refractivity contribution in [3.05, 3.63) is 36.5 Å². The number of fused-ring (bicyclic) bond motifs is 3. The van der Waals surface area contributed by atoms with Gasteiger partial charge in [-0.05, 0) is 31.6 Å². The molecule has 0 bridgehead atoms. The highest BCUT2D eigenvalue weighted by atomic mass is 16.6. The Morgan fingerprint density at radius 2 is 1.65 bits per heavy atom. The maximum Gasteiger partial charge on any atom is 0.334 e. The van der Waals surface area contributed by atoms with Crippen LogP contribution in [0.3, 0.4) is 0 Å². The van der Waals surface area contributed by atoms with Crippen LogP contribution in [0, 0.1) is 17.8 Å². The van der Waals surface area contributed by atoms with Gasteiger partial charge in [-0.2, -0.15) is 0 Å². The van der Waals surface area contributed by atoms with E-state index in [2.05, 4.69) is 19.7 Å². The molecule has 0 N–H and O–H groups in total. The van der Waals surface area contributed by atoms with E-state index in [0.717, 1.165) is 25.7 Å². The average molecular weight is 230 g/mol. The van der Waals surface area contributed by atoms with E-state index in [9.17, 15) is 4.79 Å². The lowest BCUT2D eigenvalue weighted by atomic mass is 9.82. The highest BCUT2D eigenvalue weighted by Crippen LogP contribution is 2.51. The Hall–Kier alpha value is -1.31. The van der Waals surface area contributed by atoms with Crippen molar-refractivity contribution in [2.75, 3.05) is 0 Å². The molecular formula is C15H18O2. The number of hydrogen-bond donors (Lipinski definition) is 0. The van der Waals surface area contributed by atoms with E-state index in [4.69, 9.17) is 4.74 Å². The molecule has 0 aromatic rings. The predicted octanol–water partition coefficient (Wildman–Crippen LogP) is 3.02. The topological polar surface area (TPSA) is 26.3 Å². The molecule has 3 rings (SSSR count). The summed E-state index contributed by atoms with van der Waals surface area (Å²) in [5, 5.41) is 0. The largest absolute Gasteiger partial charge is 0.458 e. The van der Waals surface area contributed by atoms with Gasteiger partial charge in [0.25, 0.3) is 0 Å². The van der Waals surface area contributed by atoms with Crippen molar-refractivity contribution in [3.63, 3.8) is 0 Å². The van der Waals surface area contributed by atoms with Crippen LogP contribution in [-0.4, -0.2) is 12.1 Å². The third-order valence-electron chi connectivity index (χ3n) is 4.69. The fourth-order valence-corrected chi connectivity index (χ4v) is 3.71. The zero-order valence-corrected chi connectivity index (χ0v) is 10.1. The van der Waals surface area contributed by atoms with Crippen LogP contribution in [0.25, 0.3) is 0 Å². The molecule has 2 nitrogen and oxygen atoms in total. The van der Waals surface area contributed by atoms with Gasteiger partial charge >= 0.3 is 5.97 Å². The van der Waals surface area contributed by atoms with Gasteiger partial charge in [-0.15, -0.1) is 0 Å². The van der Waals surface area contributed by atoms with Crippen LogP contribution in [0.2, 0.25) is 0 Å². The van der Waals surface area contributed by atoms with Crippen molar-refractivity contribution >= 4 is 5.97 Å². The van der Waals surface area contributed by atoms with E-state index in [-0.39, 0.29) is 18.0 Å². The molecule has 1 heterocycles. The second-order valence-corrected chi connectivity index (χ2v) is 5.53. The molecule has 2 saturated carbocycles. The first-order valence-corrected chi connectivity index (χ1v) is 6.34. The van der Waals surface area contributed by atoms with Crippen molar-refractivity contribution in [2.24, 2.45) is 17.8 Å². The van der Waals surface area contributed by atoms with Crippen molar-refractivity contribution < 1.29 is 9.53 Å². The molecule has 0 spiro atoms. The predicted molar refractivity (Wildman–Crippen MR) is 66.2 cm³/mol. The molecule has 2 heteroatoms. The van der Waals surface area contributed by atoms with Gasteiger partial charge < -0.3 is 4.74 Å². The molecule has 3 aliphatic rings. The van der Waals surface area contributed by atoms with Gasteiger partial charge in [0.2, 0.25) is 0 Å². The Balaban J connectivity index is 2.00. The maximum atomic E-state index is 11.7. The van der Waals surface area contributed by atoms with Gasteiger partial charge in [-0.3, -0.25) is 0 Å². The zero-order chi connectivity index (χ0) is 12.2. The Morgan fingerprint density at radius 3 is 2.41 bits per heavy atom. The summed E-state index contributed by atoms with van der Waals surface area (Å²) in [6.07, 6.45) is 4.09. The maximum absolute atomic E-state index is 11.7. The van der Waals surface area contributed by atoms with Gasteiger partial charge in [0, 0.05) is 17.4 Å². The minimum absolute atomic E-state index is 0.0192. The normalized spacial score (nSPS) is 40.9. The Morgan fingerprint density at radius 1 is 1.00 bits per heavy atom. The van der Waals surface area contributed by atoms with Crippen LogP contribution in [-0.2, 0) is 9.53 Å². The molecule has 0 amide bonds. The van der Waals surface area contributed by atoms with Gasteiger partial charge in [-0.25, -0.2) is 4.79 Å². The number of carbonyl (C=O) groups excluding carboxylic acids is 1. The van der Waals surface area contributed by atoms with Crippen LogP contribution in [0.1, 0.15) is 25.7 Å². The smallest absolute Gasteiger partial charge is 0.334 e. The first-order chi connectivity index (χ1) is 8.09. The van der Waals surface area contributed by atoms with Crippen LogP contribution in [0.4, 0.5) is 0 Å². The Kier molecular flexibility index (Phi) is 2.29. The number of allylic oxidation sites excluding steroid dienone is 1. The van der Waals surface area contributed by atoms with E-state index < -0.39 is 0 Å². The van der Waals surface area contributed by atoms with Gasteiger partial charge in [0.1, 0.15) is 6.10 Å². The monoisotopic (exact) mass is 230 g/mol. The zero-order valence-electron chi connectivity index (χ0n) is 10.1. The molecule has 3 fully saturated rings. The summed E-state index contributed by atoms with van der Waals surface area (Å²) in [6.45, 7) is 12.3. The number of esters is 1. The molecule has 0 aromatic heterocycles. The van der Waals surface area contributed by atoms with Crippen molar-refractivity contribution in [2.45, 2.75) is 31.8 Å². The van der Waals surface area contributed by atoms with Crippen LogP contribution in [0.15, 0.2) is 36.5 Å². The van der Waals surface area contributed by atoms with Crippen LogP contribution in [0.5, 0.6) is 0 Å². The molecule has 1 unspecified atom stereocenters. The third-order valence-corrected chi connectivity index (χ3v) is 4.69. The lowest BCUT2D eigenvalue weighted by molar-refractivity contribution is -0.141. The minimum Gasteiger partial charge on any atom is -0.458 e. The van der Waals surface area contributed by atoms with Gasteiger partial charge in [0.05, 0.1) is 0 Å². The molecule has 0 radical (unpaired) electrons. The molecule has 4 atom stereocenters. The fourth-order valence-electron chi connectivity index (χ4n) is 3.71. The molecule has 17 heavy (non-hydrogen) atoms. The summed E-state index contributed by atoms with van der Waals surface area (Å²) >= 11 is 0. The summed E-state index contributed by atoms with van der Waals surface area (Å²) in [7, 11) is 0. The van der Waals surface area contributed by atoms with Crippen LogP contribution >= 0.6 is 0 Å². The second-order valence-electron chi connectivity index (χ2n) is 5.53. The summed E-state index contributed by atoms with van der Waals surface area (Å²) in [4.78, 5) is 11.7. The number of carbonyl (C=O) groups is 1. The third kappa shape index (κ3) is 1.43. The molecule has 1 saturated heterocycles. The molecule has 0 aromatic carbocycles. The van der Waals surface area contributed by atoms with Crippen molar-refractivity contribution in [3.8, 4) is 0 Å². The highest BCUT2D eigenvalue weighted by molar-refractivity contribution is 5.91. The fraction of sp³-hybridized carbons (Fsp3) is 0.533. The summed E-state index contributed by atoms with van der Waals surface area (Å²) < 4.78 is 5.55. The van der Waals surface area contributed by atoms with E-state index in [0.29, 0.717) is 17.4 Å². The van der Waals surface area contributed by atoms with Gasteiger partial charge in [0.15, 0.2) is 0 Å². The summed E-state index contributed by atoms with van der Waals surface area (Å²) in [5.41, 5.74) is 3.20. The van der Waals surface area contributed by atoms with E-state index in [1.165, 1.54) is 11.1 Å². The molecular weight excluding hydrogens is 212 g/mol. The highest BCUT2D eigenvalue weighted by Gasteiger charge is 2.50. The standard InChI is InChI=1S/C15H18O2/c1-8-4-7-12-10(3)15(16)17-14(12)13-9(2)5-6-11(8)13/h11-14H,1-7H2/t11-,12-,13+,14?/m0/s1. The summed E-state index contributed by atoms with van der Waals surface area (Å²) in [5.74, 6) is 0.740. The van der Waals surface area contributed by atoms with Crippen molar-refractivity contribution in [1.82, 2.24) is 0 Å². The number of hydrogen-bond acceptors (Lipinski definition) is 2. The van der Waals surface area contributed by atoms with Crippen molar-refractivity contribution in [1.29, 1.82) is 0 Å². The van der Waals surface area contributed by atoms with E-state index in [1.54, 1.807) is 0 Å². The lowest BCUT2D eigenvalue weighted by Crippen LogP contribution is -2.28. The Labute approximate surface area is 102 Å². The summed E-state index contributed by atoms with van der Waals surface area (Å²) in [6, 6.07) is 0. The quantitative estimate of drug-likeness (QED) is 0.363. The first kappa shape index (κ1) is 10.8. The molecule has 90 valence electrons. The van der Waals surface area contributed by atoms with Crippen LogP contribution < -0.4 is 0 Å². The average Bonchev–Trinajstić information content (AvgIpc) is 2.75. The van der Waals surface area contributed by atoms with E-state index in [1.807, 2.05) is 0 Å². The SMILES string of the molecule is C=C1C(=O)OC2[C@H]1CCC(=C)[C@@H]1CCC(=C)[C@@H]21. The molecule has 1 aliphatic heterocycles. The van der Waals surface area contributed by atoms with E-state index >= 15 is 0 Å².